The highest BCUT2D eigenvalue weighted by Gasteiger charge is 2.16. The van der Waals surface area contributed by atoms with Crippen LogP contribution in [-0.2, 0) is 4.79 Å². The number of aryl methyl sites for hydroxylation is 2. The molecule has 2 N–H and O–H groups in total. The van der Waals surface area contributed by atoms with Gasteiger partial charge in [0.05, 0.1) is 10.6 Å². The molecule has 34 heavy (non-hydrogen) atoms. The molecule has 3 aromatic carbocycles. The molecule has 4 rings (SSSR count). The van der Waals surface area contributed by atoms with Crippen LogP contribution in [0.2, 0.25) is 5.02 Å². The van der Waals surface area contributed by atoms with E-state index in [0.29, 0.717) is 22.5 Å². The first-order valence-corrected chi connectivity index (χ1v) is 10.8. The van der Waals surface area contributed by atoms with Crippen molar-refractivity contribution in [3.63, 3.8) is 0 Å². The van der Waals surface area contributed by atoms with Crippen molar-refractivity contribution in [2.45, 2.75) is 13.8 Å². The Kier molecular flexibility index (Phi) is 6.76. The fourth-order valence-electron chi connectivity index (χ4n) is 3.30. The molecule has 1 amide bonds. The number of carbonyl (C=O) groups excluding carboxylic acids is 1. The van der Waals surface area contributed by atoms with Gasteiger partial charge in [0.15, 0.2) is 28.9 Å². The predicted octanol–water partition coefficient (Wildman–Crippen LogP) is 5.94. The number of nitrogens with one attached hydrogen (secondary N) is 2. The molecule has 0 fully saturated rings. The Balaban J connectivity index is 1.40. The van der Waals surface area contributed by atoms with E-state index in [1.54, 1.807) is 18.2 Å². The summed E-state index contributed by atoms with van der Waals surface area (Å²) in [5, 5.41) is 5.47. The molecule has 0 aliphatic carbocycles. The number of hydrogen-bond donors (Lipinski definition) is 2. The molecular formula is C24H18ClF2N3O3S. The number of aromatic nitrogens is 1. The Bertz CT molecular complexity index is 1400. The van der Waals surface area contributed by atoms with Crippen LogP contribution in [0.1, 0.15) is 11.1 Å². The summed E-state index contributed by atoms with van der Waals surface area (Å²) in [5.41, 5.74) is 3.55. The fourth-order valence-corrected chi connectivity index (χ4v) is 3.76. The number of oxazole rings is 1. The van der Waals surface area contributed by atoms with Gasteiger partial charge in [-0.2, -0.15) is 0 Å². The summed E-state index contributed by atoms with van der Waals surface area (Å²) in [5.74, 6) is -1.91. The van der Waals surface area contributed by atoms with Gasteiger partial charge in [0.1, 0.15) is 11.3 Å². The zero-order valence-corrected chi connectivity index (χ0v) is 19.6. The van der Waals surface area contributed by atoms with Crippen molar-refractivity contribution >= 4 is 51.6 Å². The number of fused-ring (bicyclic) bond motifs is 1. The number of anilines is 1. The number of benzene rings is 3. The molecular weight excluding hydrogens is 484 g/mol. The number of hydrogen-bond acceptors (Lipinski definition) is 5. The molecule has 4 aromatic rings. The average Bonchev–Trinajstić information content (AvgIpc) is 3.17. The first-order valence-electron chi connectivity index (χ1n) is 10.1. The largest absolute Gasteiger partial charge is 0.484 e. The van der Waals surface area contributed by atoms with E-state index >= 15 is 0 Å². The van der Waals surface area contributed by atoms with Crippen LogP contribution < -0.4 is 15.4 Å². The maximum atomic E-state index is 13.6. The molecule has 0 bridgehead atoms. The highest BCUT2D eigenvalue weighted by Crippen LogP contribution is 2.32. The lowest BCUT2D eigenvalue weighted by atomic mass is 10.1. The van der Waals surface area contributed by atoms with Gasteiger partial charge in [-0.05, 0) is 79.7 Å². The Morgan fingerprint density at radius 2 is 1.79 bits per heavy atom. The molecule has 0 spiro atoms. The number of rotatable bonds is 5. The second kappa shape index (κ2) is 9.74. The van der Waals surface area contributed by atoms with Crippen LogP contribution in [0.3, 0.4) is 0 Å². The van der Waals surface area contributed by atoms with Gasteiger partial charge in [-0.3, -0.25) is 10.1 Å². The van der Waals surface area contributed by atoms with Crippen molar-refractivity contribution in [1.82, 2.24) is 10.3 Å². The molecule has 10 heteroatoms. The van der Waals surface area contributed by atoms with Crippen LogP contribution in [0, 0.1) is 25.5 Å². The molecule has 0 radical (unpaired) electrons. The van der Waals surface area contributed by atoms with Crippen molar-refractivity contribution in [2.24, 2.45) is 0 Å². The van der Waals surface area contributed by atoms with Crippen LogP contribution in [0.25, 0.3) is 22.6 Å². The highest BCUT2D eigenvalue weighted by atomic mass is 35.5. The fraction of sp³-hybridized carbons (Fsp3) is 0.125. The number of carbonyl (C=O) groups is 1. The second-order valence-corrected chi connectivity index (χ2v) is 8.38. The van der Waals surface area contributed by atoms with E-state index in [1.165, 1.54) is 0 Å². The molecule has 0 unspecified atom stereocenters. The summed E-state index contributed by atoms with van der Waals surface area (Å²) < 4.78 is 38.1. The lowest BCUT2D eigenvalue weighted by Gasteiger charge is -2.11. The Morgan fingerprint density at radius 1 is 1.09 bits per heavy atom. The third kappa shape index (κ3) is 5.49. The number of amides is 1. The normalized spacial score (nSPS) is 10.9. The maximum Gasteiger partial charge on any atom is 0.264 e. The molecule has 1 aromatic heterocycles. The van der Waals surface area contributed by atoms with Gasteiger partial charge in [-0.15, -0.1) is 0 Å². The average molecular weight is 502 g/mol. The summed E-state index contributed by atoms with van der Waals surface area (Å²) >= 11 is 11.2. The Labute approximate surface area is 203 Å². The molecule has 0 saturated heterocycles. The number of halogens is 3. The van der Waals surface area contributed by atoms with E-state index in [2.05, 4.69) is 15.6 Å². The lowest BCUT2D eigenvalue weighted by Crippen LogP contribution is -2.37. The zero-order valence-electron chi connectivity index (χ0n) is 18.0. The molecule has 0 aliphatic rings. The van der Waals surface area contributed by atoms with Gasteiger partial charge in [0, 0.05) is 5.69 Å². The van der Waals surface area contributed by atoms with E-state index in [4.69, 9.17) is 33.0 Å². The number of nitrogens with zero attached hydrogens (tertiary/aromatic N) is 1. The van der Waals surface area contributed by atoms with Crippen molar-refractivity contribution in [1.29, 1.82) is 0 Å². The summed E-state index contributed by atoms with van der Waals surface area (Å²) in [6.45, 7) is 3.69. The molecule has 0 aliphatic heterocycles. The summed E-state index contributed by atoms with van der Waals surface area (Å²) in [7, 11) is 0. The van der Waals surface area contributed by atoms with Crippen molar-refractivity contribution in [3.8, 4) is 17.2 Å². The van der Waals surface area contributed by atoms with Crippen molar-refractivity contribution < 1.29 is 22.7 Å². The molecule has 174 valence electrons. The van der Waals surface area contributed by atoms with Gasteiger partial charge in [-0.1, -0.05) is 17.7 Å². The molecule has 0 saturated carbocycles. The minimum absolute atomic E-state index is 0.0317. The minimum Gasteiger partial charge on any atom is -0.484 e. The lowest BCUT2D eigenvalue weighted by molar-refractivity contribution is -0.121. The van der Waals surface area contributed by atoms with Crippen LogP contribution in [0.4, 0.5) is 14.5 Å². The van der Waals surface area contributed by atoms with Gasteiger partial charge in [0.25, 0.3) is 5.91 Å². The van der Waals surface area contributed by atoms with Crippen molar-refractivity contribution in [3.05, 3.63) is 76.3 Å². The van der Waals surface area contributed by atoms with Gasteiger partial charge in [-0.25, -0.2) is 13.8 Å². The zero-order chi connectivity index (χ0) is 24.4. The smallest absolute Gasteiger partial charge is 0.264 e. The molecule has 0 atom stereocenters. The summed E-state index contributed by atoms with van der Waals surface area (Å²) in [4.78, 5) is 16.5. The minimum atomic E-state index is -1.06. The van der Waals surface area contributed by atoms with Crippen LogP contribution in [0.5, 0.6) is 5.75 Å². The van der Waals surface area contributed by atoms with Gasteiger partial charge in [0.2, 0.25) is 5.89 Å². The Morgan fingerprint density at radius 3 is 2.53 bits per heavy atom. The highest BCUT2D eigenvalue weighted by molar-refractivity contribution is 7.80. The first kappa shape index (κ1) is 23.6. The maximum absolute atomic E-state index is 13.6. The molecule has 1 heterocycles. The van der Waals surface area contributed by atoms with E-state index in [0.717, 1.165) is 23.3 Å². The van der Waals surface area contributed by atoms with E-state index in [-0.39, 0.29) is 28.2 Å². The van der Waals surface area contributed by atoms with Crippen LogP contribution in [-0.4, -0.2) is 22.6 Å². The SMILES string of the molecule is Cc1cc(C)cc(OCC(=O)NC(=S)Nc2ccc3oc(-c4cc(F)c(F)cc4Cl)nc3c2)c1. The van der Waals surface area contributed by atoms with Gasteiger partial charge < -0.3 is 14.5 Å². The molecule has 6 nitrogen and oxygen atoms in total. The third-order valence-electron chi connectivity index (χ3n) is 4.70. The third-order valence-corrected chi connectivity index (χ3v) is 5.22. The van der Waals surface area contributed by atoms with Crippen molar-refractivity contribution in [2.75, 3.05) is 11.9 Å². The van der Waals surface area contributed by atoms with Gasteiger partial charge >= 0.3 is 0 Å². The Hall–Kier alpha value is -3.56. The van der Waals surface area contributed by atoms with Crippen LogP contribution in [0.15, 0.2) is 52.9 Å². The first-order chi connectivity index (χ1) is 16.2. The summed E-state index contributed by atoms with van der Waals surface area (Å²) in [6.07, 6.45) is 0. The second-order valence-electron chi connectivity index (χ2n) is 7.56. The van der Waals surface area contributed by atoms with E-state index in [9.17, 15) is 13.6 Å². The number of ether oxygens (including phenoxy) is 1. The summed E-state index contributed by atoms with van der Waals surface area (Å²) in [6, 6.07) is 12.4. The topological polar surface area (TPSA) is 76.4 Å². The van der Waals surface area contributed by atoms with E-state index in [1.807, 2.05) is 32.0 Å². The van der Waals surface area contributed by atoms with Crippen LogP contribution >= 0.6 is 23.8 Å². The quantitative estimate of drug-likeness (QED) is 0.260. The number of thiocarbonyl (C=S) groups is 1. The monoisotopic (exact) mass is 501 g/mol. The predicted molar refractivity (Wildman–Crippen MR) is 130 cm³/mol. The van der Waals surface area contributed by atoms with E-state index < -0.39 is 17.5 Å². The standard InChI is InChI=1S/C24H18ClF2N3O3S/c1-12-5-13(2)7-15(6-12)32-11-22(31)30-24(34)28-14-3-4-21-20(8-14)29-23(33-21)16-9-18(26)19(27)10-17(16)25/h3-10H,11H2,1-2H3,(H2,28,30,31,34).